The molecule has 0 spiro atoms. The van der Waals surface area contributed by atoms with Gasteiger partial charge in [0.25, 0.3) is 0 Å². The molecule has 3 N–H and O–H groups in total. The third-order valence-electron chi connectivity index (χ3n) is 2.64. The quantitative estimate of drug-likeness (QED) is 0.834. The van der Waals surface area contributed by atoms with E-state index in [1.807, 2.05) is 0 Å². The number of benzene rings is 1. The Kier molecular flexibility index (Phi) is 5.56. The Morgan fingerprint density at radius 2 is 2.05 bits per heavy atom. The second-order valence-electron chi connectivity index (χ2n) is 3.87. The molecule has 19 heavy (non-hydrogen) atoms. The number of carboxylic acid groups (broad SMARTS) is 1. The maximum absolute atomic E-state index is 13.8. The molecule has 0 saturated heterocycles. The highest BCUT2D eigenvalue weighted by Gasteiger charge is 2.22. The normalized spacial score (nSPS) is 12.1. The summed E-state index contributed by atoms with van der Waals surface area (Å²) < 4.78 is 24.2. The van der Waals surface area contributed by atoms with Gasteiger partial charge in [-0.1, -0.05) is 0 Å². The van der Waals surface area contributed by atoms with Crippen molar-refractivity contribution in [2.24, 2.45) is 5.73 Å². The molecular formula is C12H15BrFNO4. The summed E-state index contributed by atoms with van der Waals surface area (Å²) >= 11 is 3.19. The molecule has 0 aliphatic carbocycles. The van der Waals surface area contributed by atoms with Crippen LogP contribution in [0.15, 0.2) is 10.5 Å². The number of carboxylic acids is 1. The van der Waals surface area contributed by atoms with Gasteiger partial charge in [0, 0.05) is 18.0 Å². The lowest BCUT2D eigenvalue weighted by atomic mass is 10.0. The second-order valence-corrected chi connectivity index (χ2v) is 4.66. The minimum absolute atomic E-state index is 0.0195. The van der Waals surface area contributed by atoms with Crippen molar-refractivity contribution in [2.45, 2.75) is 18.9 Å². The van der Waals surface area contributed by atoms with Crippen molar-refractivity contribution in [3.8, 4) is 11.5 Å². The lowest BCUT2D eigenvalue weighted by Crippen LogP contribution is -2.14. The van der Waals surface area contributed by atoms with Crippen LogP contribution >= 0.6 is 15.9 Å². The average Bonchev–Trinajstić information content (AvgIpc) is 2.35. The highest BCUT2D eigenvalue weighted by atomic mass is 79.9. The Bertz CT molecular complexity index is 481. The molecule has 0 fully saturated rings. The van der Waals surface area contributed by atoms with Gasteiger partial charge in [0.1, 0.15) is 10.2 Å². The minimum Gasteiger partial charge on any atom is -0.495 e. The van der Waals surface area contributed by atoms with Crippen molar-refractivity contribution < 1.29 is 23.8 Å². The molecular weight excluding hydrogens is 321 g/mol. The van der Waals surface area contributed by atoms with Crippen molar-refractivity contribution in [3.63, 3.8) is 0 Å². The van der Waals surface area contributed by atoms with Crippen LogP contribution in [0.5, 0.6) is 11.5 Å². The molecule has 0 radical (unpaired) electrons. The van der Waals surface area contributed by atoms with Gasteiger partial charge in [0.2, 0.25) is 0 Å². The first-order chi connectivity index (χ1) is 8.92. The Balaban J connectivity index is 3.16. The summed E-state index contributed by atoms with van der Waals surface area (Å²) in [7, 11) is 2.76. The Hall–Kier alpha value is -1.34. The van der Waals surface area contributed by atoms with Gasteiger partial charge in [-0.2, -0.15) is 0 Å². The van der Waals surface area contributed by atoms with E-state index in [1.165, 1.54) is 20.3 Å². The predicted octanol–water partition coefficient (Wildman–Crippen LogP) is 2.47. The Morgan fingerprint density at radius 1 is 1.47 bits per heavy atom. The first kappa shape index (κ1) is 15.7. The van der Waals surface area contributed by atoms with Gasteiger partial charge >= 0.3 is 5.97 Å². The van der Waals surface area contributed by atoms with Crippen LogP contribution in [0.3, 0.4) is 0 Å². The van der Waals surface area contributed by atoms with Crippen LogP contribution in [0.4, 0.5) is 4.39 Å². The molecule has 1 rings (SSSR count). The largest absolute Gasteiger partial charge is 0.495 e. The molecule has 106 valence electrons. The van der Waals surface area contributed by atoms with Gasteiger partial charge in [0.15, 0.2) is 11.6 Å². The van der Waals surface area contributed by atoms with Crippen LogP contribution in [-0.4, -0.2) is 25.3 Å². The molecule has 0 aliphatic heterocycles. The summed E-state index contributed by atoms with van der Waals surface area (Å²) in [6, 6.07) is 0.567. The predicted molar refractivity (Wildman–Crippen MR) is 71.0 cm³/mol. The number of rotatable bonds is 6. The number of hydrogen-bond donors (Lipinski definition) is 2. The van der Waals surface area contributed by atoms with Gasteiger partial charge in [-0.25, -0.2) is 4.39 Å². The van der Waals surface area contributed by atoms with Crippen LogP contribution < -0.4 is 15.2 Å². The summed E-state index contributed by atoms with van der Waals surface area (Å²) in [6.07, 6.45) is 0.0828. The number of hydrogen-bond acceptors (Lipinski definition) is 4. The molecule has 1 aromatic carbocycles. The van der Waals surface area contributed by atoms with Gasteiger partial charge in [-0.15, -0.1) is 0 Å². The number of halogens is 2. The number of aliphatic carboxylic acids is 1. The van der Waals surface area contributed by atoms with E-state index < -0.39 is 17.8 Å². The third kappa shape index (κ3) is 3.57. The lowest BCUT2D eigenvalue weighted by molar-refractivity contribution is -0.137. The van der Waals surface area contributed by atoms with E-state index in [4.69, 9.17) is 20.3 Å². The zero-order valence-corrected chi connectivity index (χ0v) is 12.2. The summed E-state index contributed by atoms with van der Waals surface area (Å²) in [5, 5.41) is 8.64. The fraction of sp³-hybridized carbons (Fsp3) is 0.417. The maximum atomic E-state index is 13.8. The number of nitrogens with two attached hydrogens (primary N) is 1. The van der Waals surface area contributed by atoms with Gasteiger partial charge in [-0.3, -0.25) is 4.79 Å². The van der Waals surface area contributed by atoms with E-state index in [9.17, 15) is 9.18 Å². The minimum atomic E-state index is -0.956. The third-order valence-corrected chi connectivity index (χ3v) is 3.36. The highest BCUT2D eigenvalue weighted by Crippen LogP contribution is 2.41. The summed E-state index contributed by atoms with van der Waals surface area (Å²) in [5.74, 6) is -1.18. The topological polar surface area (TPSA) is 81.8 Å². The van der Waals surface area contributed by atoms with Crippen LogP contribution in [-0.2, 0) is 4.79 Å². The number of methoxy groups -OCH3 is 2. The van der Waals surface area contributed by atoms with Crippen LogP contribution in [0, 0.1) is 5.82 Å². The van der Waals surface area contributed by atoms with Gasteiger partial charge in [0.05, 0.1) is 14.2 Å². The molecule has 0 saturated carbocycles. The first-order valence-corrected chi connectivity index (χ1v) is 6.28. The van der Waals surface area contributed by atoms with Gasteiger partial charge in [-0.05, 0) is 28.4 Å². The monoisotopic (exact) mass is 335 g/mol. The zero-order chi connectivity index (χ0) is 14.6. The van der Waals surface area contributed by atoms with Crippen molar-refractivity contribution in [1.29, 1.82) is 0 Å². The highest BCUT2D eigenvalue weighted by molar-refractivity contribution is 9.10. The molecule has 0 heterocycles. The standard InChI is InChI=1S/C12H15BrFNO4/c1-18-11-6(8(15)3-4-9(16)17)5-7(14)12(19-2)10(11)13/h5,8H,3-4,15H2,1-2H3,(H,16,17). The van der Waals surface area contributed by atoms with Crippen molar-refractivity contribution in [3.05, 3.63) is 21.9 Å². The van der Waals surface area contributed by atoms with Crippen LogP contribution in [0.25, 0.3) is 0 Å². The summed E-state index contributed by atoms with van der Waals surface area (Å²) in [5.41, 5.74) is 6.27. The Morgan fingerprint density at radius 3 is 2.53 bits per heavy atom. The molecule has 0 aromatic heterocycles. The van der Waals surface area contributed by atoms with E-state index >= 15 is 0 Å². The van der Waals surface area contributed by atoms with Crippen LogP contribution in [0.1, 0.15) is 24.4 Å². The smallest absolute Gasteiger partial charge is 0.303 e. The average molecular weight is 336 g/mol. The fourth-order valence-electron chi connectivity index (χ4n) is 1.71. The van der Waals surface area contributed by atoms with Gasteiger partial charge < -0.3 is 20.3 Å². The molecule has 0 amide bonds. The molecule has 0 bridgehead atoms. The molecule has 1 aromatic rings. The lowest BCUT2D eigenvalue weighted by Gasteiger charge is -2.18. The molecule has 0 aliphatic rings. The summed E-state index contributed by atoms with van der Waals surface area (Å²) in [4.78, 5) is 10.5. The molecule has 5 nitrogen and oxygen atoms in total. The molecule has 1 unspecified atom stereocenters. The van der Waals surface area contributed by atoms with Crippen LogP contribution in [0.2, 0.25) is 0 Å². The van der Waals surface area contributed by atoms with Crippen molar-refractivity contribution >= 4 is 21.9 Å². The SMILES string of the molecule is COc1c(F)cc(C(N)CCC(=O)O)c(OC)c1Br. The molecule has 7 heteroatoms. The fourth-order valence-corrected chi connectivity index (χ4v) is 2.45. The van der Waals surface area contributed by atoms with E-state index in [0.717, 1.165) is 0 Å². The van der Waals surface area contributed by atoms with E-state index in [0.29, 0.717) is 15.8 Å². The molecule has 1 atom stereocenters. The maximum Gasteiger partial charge on any atom is 0.303 e. The number of carbonyl (C=O) groups is 1. The summed E-state index contributed by atoms with van der Waals surface area (Å²) in [6.45, 7) is 0. The number of ether oxygens (including phenoxy) is 2. The second kappa shape index (κ2) is 6.72. The zero-order valence-electron chi connectivity index (χ0n) is 10.6. The van der Waals surface area contributed by atoms with Crippen molar-refractivity contribution in [2.75, 3.05) is 14.2 Å². The van der Waals surface area contributed by atoms with E-state index in [-0.39, 0.29) is 18.6 Å². The van der Waals surface area contributed by atoms with E-state index in [2.05, 4.69) is 15.9 Å². The van der Waals surface area contributed by atoms with Crippen molar-refractivity contribution in [1.82, 2.24) is 0 Å². The Labute approximate surface area is 118 Å². The first-order valence-electron chi connectivity index (χ1n) is 5.49. The van der Waals surface area contributed by atoms with E-state index in [1.54, 1.807) is 0 Å².